The molecule has 0 saturated carbocycles. The molecule has 5 heteroatoms. The van der Waals surface area contributed by atoms with E-state index in [4.69, 9.17) is 14.2 Å². The maximum atomic E-state index is 12.9. The highest BCUT2D eigenvalue weighted by molar-refractivity contribution is 5.90. The molecule has 1 saturated heterocycles. The number of aryl methyl sites for hydroxylation is 1. The van der Waals surface area contributed by atoms with Gasteiger partial charge in [0.1, 0.15) is 0 Å². The lowest BCUT2D eigenvalue weighted by atomic mass is 9.90. The van der Waals surface area contributed by atoms with Gasteiger partial charge >= 0.3 is 11.9 Å². The molecule has 0 N–H and O–H groups in total. The molecule has 1 aliphatic rings. The van der Waals surface area contributed by atoms with Crippen LogP contribution in [0.15, 0.2) is 91.0 Å². The number of carbonyl (C=O) groups excluding carboxylic acids is 2. The summed E-state index contributed by atoms with van der Waals surface area (Å²) in [6, 6.07) is 27.8. The molecule has 0 aromatic heterocycles. The van der Waals surface area contributed by atoms with Crippen molar-refractivity contribution in [1.82, 2.24) is 0 Å². The number of hydrogen-bond acceptors (Lipinski definition) is 5. The minimum atomic E-state index is -0.962. The van der Waals surface area contributed by atoms with Gasteiger partial charge in [0.15, 0.2) is 6.10 Å². The lowest BCUT2D eigenvalue weighted by Gasteiger charge is -2.24. The Kier molecular flexibility index (Phi) is 7.53. The molecule has 1 aliphatic heterocycles. The summed E-state index contributed by atoms with van der Waals surface area (Å²) in [6.45, 7) is 2.03. The second-order valence-electron chi connectivity index (χ2n) is 8.15. The van der Waals surface area contributed by atoms with Crippen molar-refractivity contribution in [3.63, 3.8) is 0 Å². The molecule has 1 fully saturated rings. The minimum absolute atomic E-state index is 0.101. The van der Waals surface area contributed by atoms with Crippen LogP contribution in [0.3, 0.4) is 0 Å². The number of ether oxygens (including phenoxy) is 3. The molecule has 33 heavy (non-hydrogen) atoms. The van der Waals surface area contributed by atoms with E-state index in [1.165, 1.54) is 5.56 Å². The van der Waals surface area contributed by atoms with Gasteiger partial charge < -0.3 is 14.2 Å². The minimum Gasteiger partial charge on any atom is -0.452 e. The van der Waals surface area contributed by atoms with Crippen molar-refractivity contribution in [3.8, 4) is 0 Å². The molecule has 0 bridgehead atoms. The third-order valence-corrected chi connectivity index (χ3v) is 5.97. The summed E-state index contributed by atoms with van der Waals surface area (Å²) in [5, 5.41) is 0. The summed E-state index contributed by atoms with van der Waals surface area (Å²) in [4.78, 5) is 25.6. The second-order valence-corrected chi connectivity index (χ2v) is 8.15. The molecule has 170 valence electrons. The fraction of sp³-hybridized carbons (Fsp3) is 0.286. The standard InChI is InChI=1S/C28H28O5/c1-2-24-23(19-18-20-12-6-3-7-13-20)25(32-26(29)21-14-8-4-9-15-21)28(31-24)33-27(30)22-16-10-5-11-17-22/h3-17,23-25,28H,2,18-19H2,1H3/t23?,24-,25+,28-/m1/s1. The van der Waals surface area contributed by atoms with E-state index < -0.39 is 24.3 Å². The lowest BCUT2D eigenvalue weighted by molar-refractivity contribution is -0.136. The van der Waals surface area contributed by atoms with E-state index in [9.17, 15) is 9.59 Å². The van der Waals surface area contributed by atoms with Crippen molar-refractivity contribution in [2.24, 2.45) is 5.92 Å². The van der Waals surface area contributed by atoms with Crippen LogP contribution >= 0.6 is 0 Å². The molecule has 3 aromatic rings. The van der Waals surface area contributed by atoms with Crippen LogP contribution in [-0.4, -0.2) is 30.4 Å². The first-order valence-corrected chi connectivity index (χ1v) is 11.4. The summed E-state index contributed by atoms with van der Waals surface area (Å²) < 4.78 is 17.8. The van der Waals surface area contributed by atoms with Crippen molar-refractivity contribution >= 4 is 11.9 Å². The number of esters is 2. The van der Waals surface area contributed by atoms with Crippen molar-refractivity contribution in [2.75, 3.05) is 0 Å². The number of hydrogen-bond donors (Lipinski definition) is 0. The third-order valence-electron chi connectivity index (χ3n) is 5.97. The Morgan fingerprint density at radius 1 is 0.758 bits per heavy atom. The van der Waals surface area contributed by atoms with E-state index in [0.717, 1.165) is 19.3 Å². The van der Waals surface area contributed by atoms with Gasteiger partial charge in [0.25, 0.3) is 0 Å². The molecule has 0 spiro atoms. The van der Waals surface area contributed by atoms with Gasteiger partial charge in [-0.15, -0.1) is 0 Å². The highest BCUT2D eigenvalue weighted by atomic mass is 16.7. The van der Waals surface area contributed by atoms with Crippen LogP contribution in [0, 0.1) is 5.92 Å². The molecule has 1 unspecified atom stereocenters. The van der Waals surface area contributed by atoms with Crippen LogP contribution in [0.4, 0.5) is 0 Å². The average molecular weight is 445 g/mol. The quantitative estimate of drug-likeness (QED) is 0.432. The largest absolute Gasteiger partial charge is 0.452 e. The van der Waals surface area contributed by atoms with Crippen molar-refractivity contribution in [3.05, 3.63) is 108 Å². The summed E-state index contributed by atoms with van der Waals surface area (Å²) in [5.41, 5.74) is 2.08. The van der Waals surface area contributed by atoms with Gasteiger partial charge in [0.05, 0.1) is 17.2 Å². The zero-order valence-electron chi connectivity index (χ0n) is 18.6. The molecule has 0 aliphatic carbocycles. The average Bonchev–Trinajstić information content (AvgIpc) is 3.20. The Morgan fingerprint density at radius 2 is 1.27 bits per heavy atom. The zero-order valence-corrected chi connectivity index (χ0v) is 18.6. The van der Waals surface area contributed by atoms with Crippen LogP contribution in [0.1, 0.15) is 46.0 Å². The van der Waals surface area contributed by atoms with Crippen LogP contribution in [0.5, 0.6) is 0 Å². The van der Waals surface area contributed by atoms with Gasteiger partial charge in [-0.25, -0.2) is 9.59 Å². The van der Waals surface area contributed by atoms with E-state index >= 15 is 0 Å². The molecular formula is C28H28O5. The smallest absolute Gasteiger partial charge is 0.340 e. The maximum absolute atomic E-state index is 12.9. The van der Waals surface area contributed by atoms with Crippen LogP contribution in [-0.2, 0) is 20.6 Å². The number of benzene rings is 3. The fourth-order valence-corrected chi connectivity index (χ4v) is 4.24. The predicted molar refractivity (Wildman–Crippen MR) is 125 cm³/mol. The molecule has 1 heterocycles. The van der Waals surface area contributed by atoms with Crippen LogP contribution in [0.2, 0.25) is 0 Å². The Bertz CT molecular complexity index is 1040. The third kappa shape index (κ3) is 5.68. The van der Waals surface area contributed by atoms with Gasteiger partial charge in [0.2, 0.25) is 6.29 Å². The first kappa shape index (κ1) is 22.7. The topological polar surface area (TPSA) is 61.8 Å². The van der Waals surface area contributed by atoms with E-state index in [1.54, 1.807) is 48.5 Å². The fourth-order valence-electron chi connectivity index (χ4n) is 4.24. The molecular weight excluding hydrogens is 416 g/mol. The first-order valence-electron chi connectivity index (χ1n) is 11.4. The first-order chi connectivity index (χ1) is 16.2. The molecule has 0 amide bonds. The maximum Gasteiger partial charge on any atom is 0.340 e. The molecule has 3 aromatic carbocycles. The Balaban J connectivity index is 1.55. The zero-order chi connectivity index (χ0) is 23.0. The van der Waals surface area contributed by atoms with Gasteiger partial charge in [-0.2, -0.15) is 0 Å². The van der Waals surface area contributed by atoms with E-state index in [2.05, 4.69) is 12.1 Å². The molecule has 4 rings (SSSR count). The van der Waals surface area contributed by atoms with Crippen molar-refractivity contribution in [2.45, 2.75) is 44.7 Å². The van der Waals surface area contributed by atoms with E-state index in [1.807, 2.05) is 37.3 Å². The van der Waals surface area contributed by atoms with Crippen LogP contribution < -0.4 is 0 Å². The number of carbonyl (C=O) groups is 2. The second kappa shape index (κ2) is 10.9. The van der Waals surface area contributed by atoms with Gasteiger partial charge in [-0.1, -0.05) is 73.7 Å². The van der Waals surface area contributed by atoms with E-state index in [-0.39, 0.29) is 12.0 Å². The monoisotopic (exact) mass is 444 g/mol. The summed E-state index contributed by atoms with van der Waals surface area (Å²) >= 11 is 0. The lowest BCUT2D eigenvalue weighted by Crippen LogP contribution is -2.36. The molecule has 4 atom stereocenters. The Hall–Kier alpha value is -3.44. The van der Waals surface area contributed by atoms with E-state index in [0.29, 0.717) is 11.1 Å². The SMILES string of the molecule is CC[C@H]1O[C@H](OC(=O)c2ccccc2)[C@@H](OC(=O)c2ccccc2)C1CCc1ccccc1. The summed E-state index contributed by atoms with van der Waals surface area (Å²) in [6.07, 6.45) is 0.433. The summed E-state index contributed by atoms with van der Waals surface area (Å²) in [7, 11) is 0. The highest BCUT2D eigenvalue weighted by Crippen LogP contribution is 2.36. The molecule has 0 radical (unpaired) electrons. The highest BCUT2D eigenvalue weighted by Gasteiger charge is 2.48. The Morgan fingerprint density at radius 3 is 1.82 bits per heavy atom. The number of rotatable bonds is 8. The van der Waals surface area contributed by atoms with Gasteiger partial charge in [0, 0.05) is 5.92 Å². The van der Waals surface area contributed by atoms with Gasteiger partial charge in [-0.3, -0.25) is 0 Å². The normalized spacial score (nSPS) is 22.0. The van der Waals surface area contributed by atoms with Crippen molar-refractivity contribution in [1.29, 1.82) is 0 Å². The summed E-state index contributed by atoms with van der Waals surface area (Å²) in [5.74, 6) is -1.05. The Labute approximate surface area is 194 Å². The van der Waals surface area contributed by atoms with Gasteiger partial charge in [-0.05, 0) is 49.1 Å². The predicted octanol–water partition coefficient (Wildman–Crippen LogP) is 5.45. The van der Waals surface area contributed by atoms with Crippen LogP contribution in [0.25, 0.3) is 0 Å². The molecule has 5 nitrogen and oxygen atoms in total. The van der Waals surface area contributed by atoms with Crippen molar-refractivity contribution < 1.29 is 23.8 Å².